The maximum absolute atomic E-state index is 5.32. The fourth-order valence-electron chi connectivity index (χ4n) is 2.82. The molecule has 2 N–H and O–H groups in total. The summed E-state index contributed by atoms with van der Waals surface area (Å²) in [4.78, 5) is 8.87. The molecule has 2 heterocycles. The largest absolute Gasteiger partial charge is 0.467 e. The van der Waals surface area contributed by atoms with Crippen LogP contribution in [0.15, 0.2) is 40.5 Å². The molecule has 0 radical (unpaired) electrons. The van der Waals surface area contributed by atoms with E-state index in [4.69, 9.17) is 4.42 Å². The first-order chi connectivity index (χ1) is 11.3. The molecule has 0 saturated carbocycles. The van der Waals surface area contributed by atoms with Gasteiger partial charge in [0, 0.05) is 12.6 Å². The van der Waals surface area contributed by atoms with Gasteiger partial charge in [0.25, 0.3) is 0 Å². The Labute approximate surface area is 137 Å². The number of allylic oxidation sites excluding steroid dienone is 1. The SMILES string of the molecule is Cc1nc(NCCC2=CCCCC2)cc(NCc2ccco2)n1. The second-order valence-electron chi connectivity index (χ2n) is 5.90. The quantitative estimate of drug-likeness (QED) is 0.747. The Hall–Kier alpha value is -2.30. The fraction of sp³-hybridized carbons (Fsp3) is 0.444. The molecule has 3 rings (SSSR count). The van der Waals surface area contributed by atoms with Crippen molar-refractivity contribution in [1.82, 2.24) is 9.97 Å². The van der Waals surface area contributed by atoms with E-state index >= 15 is 0 Å². The second kappa shape index (κ2) is 7.81. The minimum atomic E-state index is 0.621. The highest BCUT2D eigenvalue weighted by atomic mass is 16.3. The standard InChI is InChI=1S/C18H24N4O/c1-14-21-17(19-10-9-15-6-3-2-4-7-15)12-18(22-14)20-13-16-8-5-11-23-16/h5-6,8,11-12H,2-4,7,9-10,13H2,1H3,(H2,19,20,21,22). The molecule has 122 valence electrons. The van der Waals surface area contributed by atoms with Crippen molar-refractivity contribution in [2.75, 3.05) is 17.2 Å². The number of nitrogens with zero attached hydrogens (tertiary/aromatic N) is 2. The summed E-state index contributed by atoms with van der Waals surface area (Å²) in [5, 5.41) is 6.68. The van der Waals surface area contributed by atoms with Crippen molar-refractivity contribution in [3.05, 3.63) is 47.7 Å². The first kappa shape index (κ1) is 15.6. The summed E-state index contributed by atoms with van der Waals surface area (Å²) in [6.45, 7) is 3.45. The molecule has 0 aromatic carbocycles. The van der Waals surface area contributed by atoms with Gasteiger partial charge in [0.2, 0.25) is 0 Å². The lowest BCUT2D eigenvalue weighted by molar-refractivity contribution is 0.518. The van der Waals surface area contributed by atoms with E-state index < -0.39 is 0 Å². The molecule has 1 aliphatic carbocycles. The number of furan rings is 1. The smallest absolute Gasteiger partial charge is 0.132 e. The molecule has 0 atom stereocenters. The molecule has 2 aromatic rings. The van der Waals surface area contributed by atoms with Crippen LogP contribution in [0.1, 0.15) is 43.7 Å². The first-order valence-corrected chi connectivity index (χ1v) is 8.33. The highest BCUT2D eigenvalue weighted by Crippen LogP contribution is 2.20. The third-order valence-corrected chi connectivity index (χ3v) is 4.00. The number of rotatable bonds is 7. The van der Waals surface area contributed by atoms with Crippen LogP contribution in [0.4, 0.5) is 11.6 Å². The Morgan fingerprint density at radius 2 is 2.04 bits per heavy atom. The Balaban J connectivity index is 1.53. The van der Waals surface area contributed by atoms with Crippen LogP contribution in [0.5, 0.6) is 0 Å². The van der Waals surface area contributed by atoms with E-state index in [2.05, 4.69) is 26.7 Å². The molecule has 23 heavy (non-hydrogen) atoms. The normalized spacial score (nSPS) is 14.4. The lowest BCUT2D eigenvalue weighted by Crippen LogP contribution is -2.09. The lowest BCUT2D eigenvalue weighted by atomic mass is 9.97. The predicted octanol–water partition coefficient (Wildman–Crippen LogP) is 4.29. The van der Waals surface area contributed by atoms with Crippen molar-refractivity contribution >= 4 is 11.6 Å². The molecular formula is C18H24N4O. The predicted molar refractivity (Wildman–Crippen MR) is 92.5 cm³/mol. The van der Waals surface area contributed by atoms with E-state index in [1.807, 2.05) is 25.1 Å². The van der Waals surface area contributed by atoms with Crippen molar-refractivity contribution in [2.24, 2.45) is 0 Å². The summed E-state index contributed by atoms with van der Waals surface area (Å²) >= 11 is 0. The Kier molecular flexibility index (Phi) is 5.29. The Bertz CT molecular complexity index is 649. The van der Waals surface area contributed by atoms with Crippen molar-refractivity contribution in [1.29, 1.82) is 0 Å². The van der Waals surface area contributed by atoms with Gasteiger partial charge in [-0.1, -0.05) is 11.6 Å². The number of hydrogen-bond acceptors (Lipinski definition) is 5. The van der Waals surface area contributed by atoms with Crippen molar-refractivity contribution in [3.63, 3.8) is 0 Å². The van der Waals surface area contributed by atoms with Gasteiger partial charge in [-0.15, -0.1) is 0 Å². The summed E-state index contributed by atoms with van der Waals surface area (Å²) in [6, 6.07) is 5.78. The lowest BCUT2D eigenvalue weighted by Gasteiger charge is -2.14. The van der Waals surface area contributed by atoms with Crippen LogP contribution < -0.4 is 10.6 Å². The molecule has 5 heteroatoms. The molecule has 2 aromatic heterocycles. The van der Waals surface area contributed by atoms with Crippen molar-refractivity contribution in [3.8, 4) is 0 Å². The second-order valence-corrected chi connectivity index (χ2v) is 5.90. The molecule has 0 amide bonds. The Morgan fingerprint density at radius 3 is 2.78 bits per heavy atom. The van der Waals surface area contributed by atoms with E-state index in [1.165, 1.54) is 25.7 Å². The molecule has 0 bridgehead atoms. The van der Waals surface area contributed by atoms with Crippen LogP contribution in [-0.4, -0.2) is 16.5 Å². The van der Waals surface area contributed by atoms with Gasteiger partial charge < -0.3 is 15.1 Å². The number of aryl methyl sites for hydroxylation is 1. The summed E-state index contributed by atoms with van der Waals surface area (Å²) < 4.78 is 5.32. The van der Waals surface area contributed by atoms with E-state index in [0.29, 0.717) is 6.54 Å². The van der Waals surface area contributed by atoms with Crippen LogP contribution in [0, 0.1) is 6.92 Å². The highest BCUT2D eigenvalue weighted by molar-refractivity contribution is 5.47. The number of anilines is 2. The zero-order chi connectivity index (χ0) is 15.9. The maximum atomic E-state index is 5.32. The highest BCUT2D eigenvalue weighted by Gasteiger charge is 2.05. The maximum Gasteiger partial charge on any atom is 0.132 e. The van der Waals surface area contributed by atoms with Crippen LogP contribution in [0.3, 0.4) is 0 Å². The van der Waals surface area contributed by atoms with Gasteiger partial charge in [0.1, 0.15) is 23.2 Å². The summed E-state index contributed by atoms with van der Waals surface area (Å²) in [7, 11) is 0. The fourth-order valence-corrected chi connectivity index (χ4v) is 2.82. The molecule has 5 nitrogen and oxygen atoms in total. The molecular weight excluding hydrogens is 288 g/mol. The average molecular weight is 312 g/mol. The van der Waals surface area contributed by atoms with Crippen LogP contribution in [-0.2, 0) is 6.54 Å². The van der Waals surface area contributed by atoms with Gasteiger partial charge in [-0.3, -0.25) is 0 Å². The van der Waals surface area contributed by atoms with E-state index in [-0.39, 0.29) is 0 Å². The van der Waals surface area contributed by atoms with Gasteiger partial charge in [-0.2, -0.15) is 0 Å². The number of nitrogens with one attached hydrogen (secondary N) is 2. The minimum absolute atomic E-state index is 0.621. The summed E-state index contributed by atoms with van der Waals surface area (Å²) in [5.41, 5.74) is 1.57. The van der Waals surface area contributed by atoms with Gasteiger partial charge in [-0.25, -0.2) is 9.97 Å². The van der Waals surface area contributed by atoms with E-state index in [0.717, 1.165) is 36.2 Å². The van der Waals surface area contributed by atoms with Gasteiger partial charge in [0.05, 0.1) is 12.8 Å². The van der Waals surface area contributed by atoms with E-state index in [9.17, 15) is 0 Å². The molecule has 0 aliphatic heterocycles. The molecule has 1 aliphatic rings. The topological polar surface area (TPSA) is 63.0 Å². The summed E-state index contributed by atoms with van der Waals surface area (Å²) in [5.74, 6) is 3.33. The third-order valence-electron chi connectivity index (χ3n) is 4.00. The van der Waals surface area contributed by atoms with E-state index in [1.54, 1.807) is 11.8 Å². The van der Waals surface area contributed by atoms with Crippen molar-refractivity contribution in [2.45, 2.75) is 45.6 Å². The third kappa shape index (κ3) is 4.84. The molecule has 0 fully saturated rings. The average Bonchev–Trinajstić information content (AvgIpc) is 3.07. The van der Waals surface area contributed by atoms with Gasteiger partial charge in [0.15, 0.2) is 0 Å². The summed E-state index contributed by atoms with van der Waals surface area (Å²) in [6.07, 6.45) is 10.3. The molecule has 0 saturated heterocycles. The van der Waals surface area contributed by atoms with Crippen LogP contribution in [0.2, 0.25) is 0 Å². The Morgan fingerprint density at radius 1 is 1.17 bits per heavy atom. The number of hydrogen-bond donors (Lipinski definition) is 2. The monoisotopic (exact) mass is 312 g/mol. The van der Waals surface area contributed by atoms with Gasteiger partial charge in [-0.05, 0) is 51.2 Å². The van der Waals surface area contributed by atoms with Crippen molar-refractivity contribution < 1.29 is 4.42 Å². The number of aromatic nitrogens is 2. The van der Waals surface area contributed by atoms with Gasteiger partial charge >= 0.3 is 0 Å². The molecule has 0 spiro atoms. The van der Waals surface area contributed by atoms with Crippen LogP contribution in [0.25, 0.3) is 0 Å². The zero-order valence-electron chi connectivity index (χ0n) is 13.6. The van der Waals surface area contributed by atoms with Crippen LogP contribution >= 0.6 is 0 Å². The first-order valence-electron chi connectivity index (χ1n) is 8.33. The minimum Gasteiger partial charge on any atom is -0.467 e. The molecule has 0 unspecified atom stereocenters. The zero-order valence-corrected chi connectivity index (χ0v) is 13.6.